The number of ether oxygens (including phenoxy) is 5. The fraction of sp³-hybridized carbons (Fsp3) is 0.853. The van der Waals surface area contributed by atoms with E-state index in [4.69, 9.17) is 23.7 Å². The standard InChI is InChI=1S/C34H54O11/c1-9-33(7)12-10-20-19(15-33)21(44-30-28(40)26(38)24(36)16(2)41-30)14-22-32(5,6)23(11-13-34(20,22)8)45-31-29(43-18(4)35)27(39)25(37)17(3)42-31/h9,15-17,20-31,36-40H,1,10-14H2,2-8H3/t16-,17+,20-,21+,22-,23-,24+,25+,26+,27-,28-,29-,30+,31+,33-,34+/m1/s1. The van der Waals surface area contributed by atoms with E-state index in [9.17, 15) is 30.3 Å². The molecular formula is C34H54O11. The van der Waals surface area contributed by atoms with Gasteiger partial charge in [0.05, 0.1) is 24.4 Å². The van der Waals surface area contributed by atoms with E-state index in [-0.39, 0.29) is 28.8 Å². The van der Waals surface area contributed by atoms with Crippen molar-refractivity contribution in [3.8, 4) is 0 Å². The molecule has 16 atom stereocenters. The molecule has 0 aromatic carbocycles. The van der Waals surface area contributed by atoms with Crippen LogP contribution in [-0.4, -0.2) is 105 Å². The minimum atomic E-state index is -1.42. The quantitative estimate of drug-likeness (QED) is 0.165. The maximum Gasteiger partial charge on any atom is 0.303 e. The van der Waals surface area contributed by atoms with Crippen molar-refractivity contribution in [2.75, 3.05) is 0 Å². The number of hydrogen-bond acceptors (Lipinski definition) is 11. The average Bonchev–Trinajstić information content (AvgIpc) is 2.97. The third kappa shape index (κ3) is 6.18. The molecule has 0 unspecified atom stereocenters. The lowest BCUT2D eigenvalue weighted by molar-refractivity contribution is -0.327. The molecule has 45 heavy (non-hydrogen) atoms. The highest BCUT2D eigenvalue weighted by atomic mass is 16.7. The van der Waals surface area contributed by atoms with E-state index < -0.39 is 78.9 Å². The Bertz CT molecular complexity index is 1140. The predicted molar refractivity (Wildman–Crippen MR) is 162 cm³/mol. The number of esters is 1. The molecular weight excluding hydrogens is 584 g/mol. The van der Waals surface area contributed by atoms with Crippen molar-refractivity contribution in [1.82, 2.24) is 0 Å². The smallest absolute Gasteiger partial charge is 0.303 e. The Labute approximate surface area is 266 Å². The van der Waals surface area contributed by atoms with Crippen LogP contribution < -0.4 is 0 Å². The largest absolute Gasteiger partial charge is 0.454 e. The Morgan fingerprint density at radius 2 is 1.51 bits per heavy atom. The molecule has 2 saturated carbocycles. The third-order valence-electron chi connectivity index (χ3n) is 11.9. The second-order valence-electron chi connectivity index (χ2n) is 15.3. The summed E-state index contributed by atoms with van der Waals surface area (Å²) < 4.78 is 30.5. The second kappa shape index (κ2) is 12.6. The van der Waals surface area contributed by atoms with Crippen molar-refractivity contribution in [2.45, 2.75) is 154 Å². The van der Waals surface area contributed by atoms with E-state index >= 15 is 0 Å². The van der Waals surface area contributed by atoms with Gasteiger partial charge in [-0.25, -0.2) is 0 Å². The van der Waals surface area contributed by atoms with Crippen molar-refractivity contribution < 1.29 is 54.0 Å². The van der Waals surface area contributed by atoms with Crippen molar-refractivity contribution in [3.63, 3.8) is 0 Å². The normalized spacial score (nSPS) is 51.3. The van der Waals surface area contributed by atoms with Gasteiger partial charge in [-0.15, -0.1) is 6.58 Å². The molecule has 2 saturated heterocycles. The lowest BCUT2D eigenvalue weighted by atomic mass is 9.44. The lowest BCUT2D eigenvalue weighted by Crippen LogP contribution is -2.63. The van der Waals surface area contributed by atoms with Gasteiger partial charge in [-0.05, 0) is 74.2 Å². The first-order chi connectivity index (χ1) is 20.9. The molecule has 3 aliphatic carbocycles. The summed E-state index contributed by atoms with van der Waals surface area (Å²) in [5.74, 6) is -0.357. The number of aliphatic hydroxyl groups is 5. The van der Waals surface area contributed by atoms with Crippen LogP contribution in [0.2, 0.25) is 0 Å². The van der Waals surface area contributed by atoms with Crippen LogP contribution in [0.1, 0.15) is 80.6 Å². The monoisotopic (exact) mass is 638 g/mol. The van der Waals surface area contributed by atoms with Gasteiger partial charge in [-0.1, -0.05) is 39.8 Å². The highest BCUT2D eigenvalue weighted by Gasteiger charge is 2.61. The van der Waals surface area contributed by atoms with Gasteiger partial charge in [0.1, 0.15) is 30.5 Å². The van der Waals surface area contributed by atoms with E-state index in [2.05, 4.69) is 40.3 Å². The van der Waals surface area contributed by atoms with Crippen LogP contribution in [0, 0.1) is 28.1 Å². The van der Waals surface area contributed by atoms with Gasteiger partial charge >= 0.3 is 5.97 Å². The Balaban J connectivity index is 1.45. The summed E-state index contributed by atoms with van der Waals surface area (Å²) in [5.41, 5.74) is 0.382. The van der Waals surface area contributed by atoms with Gasteiger partial charge in [0.25, 0.3) is 0 Å². The van der Waals surface area contributed by atoms with Gasteiger partial charge < -0.3 is 49.2 Å². The van der Waals surface area contributed by atoms with Crippen molar-refractivity contribution in [3.05, 3.63) is 24.3 Å². The molecule has 256 valence electrons. The summed E-state index contributed by atoms with van der Waals surface area (Å²) in [6.45, 7) is 17.5. The average molecular weight is 639 g/mol. The minimum Gasteiger partial charge on any atom is -0.454 e. The van der Waals surface area contributed by atoms with E-state index in [0.29, 0.717) is 12.8 Å². The van der Waals surface area contributed by atoms with Crippen LogP contribution in [0.15, 0.2) is 24.3 Å². The summed E-state index contributed by atoms with van der Waals surface area (Å²) >= 11 is 0. The van der Waals surface area contributed by atoms with Crippen LogP contribution in [0.25, 0.3) is 0 Å². The summed E-state index contributed by atoms with van der Waals surface area (Å²) in [4.78, 5) is 11.9. The molecule has 2 aliphatic heterocycles. The first-order valence-electron chi connectivity index (χ1n) is 16.5. The van der Waals surface area contributed by atoms with Gasteiger partial charge in [0, 0.05) is 12.3 Å². The first kappa shape index (κ1) is 34.9. The molecule has 11 nitrogen and oxygen atoms in total. The van der Waals surface area contributed by atoms with E-state index in [1.54, 1.807) is 13.8 Å². The second-order valence-corrected chi connectivity index (χ2v) is 15.3. The maximum atomic E-state index is 11.9. The van der Waals surface area contributed by atoms with Crippen molar-refractivity contribution >= 4 is 5.97 Å². The van der Waals surface area contributed by atoms with E-state index in [1.807, 2.05) is 6.08 Å². The summed E-state index contributed by atoms with van der Waals surface area (Å²) in [7, 11) is 0. The zero-order valence-electron chi connectivity index (χ0n) is 27.7. The number of hydrogen-bond donors (Lipinski definition) is 5. The molecule has 5 rings (SSSR count). The number of allylic oxidation sites excluding steroid dienone is 2. The molecule has 0 aromatic heterocycles. The molecule has 11 heteroatoms. The molecule has 5 N–H and O–H groups in total. The fourth-order valence-electron chi connectivity index (χ4n) is 9.02. The summed E-state index contributed by atoms with van der Waals surface area (Å²) in [6.07, 6.45) is -3.98. The van der Waals surface area contributed by atoms with Crippen LogP contribution >= 0.6 is 0 Å². The molecule has 2 heterocycles. The molecule has 5 aliphatic rings. The van der Waals surface area contributed by atoms with Gasteiger partial charge in [-0.2, -0.15) is 0 Å². The minimum absolute atomic E-state index is 0.0707. The van der Waals surface area contributed by atoms with E-state index in [1.165, 1.54) is 6.92 Å². The molecule has 0 amide bonds. The van der Waals surface area contributed by atoms with E-state index in [0.717, 1.165) is 24.8 Å². The number of aliphatic hydroxyl groups excluding tert-OH is 5. The van der Waals surface area contributed by atoms with Gasteiger partial charge in [0.15, 0.2) is 18.7 Å². The third-order valence-corrected chi connectivity index (χ3v) is 11.9. The van der Waals surface area contributed by atoms with Crippen LogP contribution in [-0.2, 0) is 28.5 Å². The predicted octanol–water partition coefficient (Wildman–Crippen LogP) is 2.36. The highest BCUT2D eigenvalue weighted by Crippen LogP contribution is 2.65. The molecule has 0 aromatic rings. The van der Waals surface area contributed by atoms with Crippen molar-refractivity contribution in [2.24, 2.45) is 28.1 Å². The highest BCUT2D eigenvalue weighted by molar-refractivity contribution is 5.66. The zero-order valence-corrected chi connectivity index (χ0v) is 27.7. The maximum absolute atomic E-state index is 11.9. The molecule has 0 spiro atoms. The Morgan fingerprint density at radius 1 is 0.889 bits per heavy atom. The molecule has 0 radical (unpaired) electrons. The van der Waals surface area contributed by atoms with Crippen LogP contribution in [0.3, 0.4) is 0 Å². The zero-order chi connectivity index (χ0) is 33.2. The van der Waals surface area contributed by atoms with Gasteiger partial charge in [0.2, 0.25) is 0 Å². The number of carbonyl (C=O) groups excluding carboxylic acids is 1. The van der Waals surface area contributed by atoms with Crippen LogP contribution in [0.5, 0.6) is 0 Å². The number of fused-ring (bicyclic) bond motifs is 3. The van der Waals surface area contributed by atoms with Crippen LogP contribution in [0.4, 0.5) is 0 Å². The lowest BCUT2D eigenvalue weighted by Gasteiger charge is -2.63. The van der Waals surface area contributed by atoms with Crippen molar-refractivity contribution in [1.29, 1.82) is 0 Å². The SMILES string of the molecule is C=C[C@@]1(C)C=C2[C@@H](O[C@@H]3O[C@H](C)[C@H](O)[C@H](O)[C@H]3O)C[C@@H]3C(C)(C)[C@H](O[C@@H]4O[C@@H](C)[C@H](O)[C@@H](O)[C@H]4OC(C)=O)CC[C@@]3(C)[C@@H]2CC1. The topological polar surface area (TPSA) is 164 Å². The van der Waals surface area contributed by atoms with Gasteiger partial charge in [-0.3, -0.25) is 4.79 Å². The summed E-state index contributed by atoms with van der Waals surface area (Å²) in [5, 5.41) is 52.9. The Kier molecular flexibility index (Phi) is 9.74. The summed E-state index contributed by atoms with van der Waals surface area (Å²) in [6, 6.07) is 0. The number of rotatable bonds is 6. The Morgan fingerprint density at radius 3 is 2.13 bits per heavy atom. The Hall–Kier alpha value is -1.41. The molecule has 4 fully saturated rings. The first-order valence-corrected chi connectivity index (χ1v) is 16.5. The number of carbonyl (C=O) groups is 1. The fourth-order valence-corrected chi connectivity index (χ4v) is 9.02. The molecule has 0 bridgehead atoms.